The van der Waals surface area contributed by atoms with Crippen LogP contribution in [0.2, 0.25) is 0 Å². The lowest BCUT2D eigenvalue weighted by Gasteiger charge is -2.23. The molecule has 1 amide bonds. The molecule has 1 saturated heterocycles. The van der Waals surface area contributed by atoms with Gasteiger partial charge in [0.2, 0.25) is 0 Å². The van der Waals surface area contributed by atoms with Crippen LogP contribution in [0.4, 0.5) is 10.1 Å². The van der Waals surface area contributed by atoms with Crippen molar-refractivity contribution in [2.45, 2.75) is 23.8 Å². The second-order valence-corrected chi connectivity index (χ2v) is 7.84. The van der Waals surface area contributed by atoms with Gasteiger partial charge in [0.15, 0.2) is 0 Å². The number of amides is 1. The Bertz CT molecular complexity index is 885. The summed E-state index contributed by atoms with van der Waals surface area (Å²) in [6.45, 7) is 1.64. The number of piperidine rings is 1. The summed E-state index contributed by atoms with van der Waals surface area (Å²) in [6.07, 6.45) is 1.88. The molecule has 0 aliphatic carbocycles. The average Bonchev–Trinajstić information content (AvgIpc) is 2.64. The molecule has 6 nitrogen and oxygen atoms in total. The van der Waals surface area contributed by atoms with Gasteiger partial charge in [-0.2, -0.15) is 0 Å². The SMILES string of the molecule is Cl.O=C(N[C@H]1CCCNC1)c1cccc(S(=O)(=O)Nc2ccc(F)cc2)c1. The van der Waals surface area contributed by atoms with Crippen molar-refractivity contribution in [3.63, 3.8) is 0 Å². The van der Waals surface area contributed by atoms with E-state index in [2.05, 4.69) is 15.4 Å². The summed E-state index contributed by atoms with van der Waals surface area (Å²) >= 11 is 0. The van der Waals surface area contributed by atoms with E-state index in [0.29, 0.717) is 6.54 Å². The molecule has 0 radical (unpaired) electrons. The first-order valence-electron chi connectivity index (χ1n) is 8.34. The van der Waals surface area contributed by atoms with Gasteiger partial charge in [0.05, 0.1) is 4.90 Å². The first kappa shape index (κ1) is 21.1. The van der Waals surface area contributed by atoms with E-state index >= 15 is 0 Å². The molecular formula is C18H21ClFN3O3S. The Hall–Kier alpha value is -2.16. The molecule has 1 aliphatic rings. The summed E-state index contributed by atoms with van der Waals surface area (Å²) in [6, 6.07) is 10.9. The van der Waals surface area contributed by atoms with Crippen molar-refractivity contribution in [3.05, 3.63) is 59.9 Å². The highest BCUT2D eigenvalue weighted by Gasteiger charge is 2.19. The van der Waals surface area contributed by atoms with Crippen LogP contribution >= 0.6 is 12.4 Å². The number of hydrogen-bond donors (Lipinski definition) is 3. The largest absolute Gasteiger partial charge is 0.348 e. The monoisotopic (exact) mass is 413 g/mol. The molecule has 0 bridgehead atoms. The van der Waals surface area contributed by atoms with Crippen LogP contribution in [0, 0.1) is 5.82 Å². The standard InChI is InChI=1S/C18H20FN3O3S.ClH/c19-14-6-8-15(9-7-14)22-26(24,25)17-5-1-3-13(11-17)18(23)21-16-4-2-10-20-12-16;/h1,3,5-9,11,16,20,22H,2,4,10,12H2,(H,21,23);1H/t16-;/m0./s1. The molecule has 1 fully saturated rings. The summed E-state index contributed by atoms with van der Waals surface area (Å²) in [5, 5.41) is 6.12. The van der Waals surface area contributed by atoms with E-state index in [1.54, 1.807) is 6.07 Å². The third kappa shape index (κ3) is 5.66. The van der Waals surface area contributed by atoms with Crippen LogP contribution in [-0.2, 0) is 10.0 Å². The van der Waals surface area contributed by atoms with Crippen LogP contribution in [0.3, 0.4) is 0 Å². The molecule has 1 aliphatic heterocycles. The lowest BCUT2D eigenvalue weighted by Crippen LogP contribution is -2.45. The molecular weight excluding hydrogens is 393 g/mol. The molecule has 2 aromatic rings. The molecule has 0 unspecified atom stereocenters. The Kier molecular flexibility index (Phi) is 7.18. The molecule has 0 spiro atoms. The molecule has 0 saturated carbocycles. The van der Waals surface area contributed by atoms with E-state index in [4.69, 9.17) is 0 Å². The molecule has 3 N–H and O–H groups in total. The van der Waals surface area contributed by atoms with Crippen molar-refractivity contribution in [2.75, 3.05) is 17.8 Å². The van der Waals surface area contributed by atoms with Crippen molar-refractivity contribution < 1.29 is 17.6 Å². The lowest BCUT2D eigenvalue weighted by molar-refractivity contribution is 0.0930. The average molecular weight is 414 g/mol. The first-order chi connectivity index (χ1) is 12.4. The van der Waals surface area contributed by atoms with E-state index in [-0.39, 0.29) is 40.5 Å². The van der Waals surface area contributed by atoms with E-state index < -0.39 is 15.8 Å². The van der Waals surface area contributed by atoms with E-state index in [1.807, 2.05) is 0 Å². The Morgan fingerprint density at radius 2 is 1.89 bits per heavy atom. The predicted molar refractivity (Wildman–Crippen MR) is 104 cm³/mol. The van der Waals surface area contributed by atoms with Crippen LogP contribution in [0.15, 0.2) is 53.4 Å². The van der Waals surface area contributed by atoms with Crippen LogP contribution in [0.5, 0.6) is 0 Å². The second-order valence-electron chi connectivity index (χ2n) is 6.16. The van der Waals surface area contributed by atoms with Gasteiger partial charge in [0.1, 0.15) is 5.82 Å². The van der Waals surface area contributed by atoms with Crippen LogP contribution in [0.25, 0.3) is 0 Å². The number of hydrogen-bond acceptors (Lipinski definition) is 4. The third-order valence-corrected chi connectivity index (χ3v) is 5.51. The Morgan fingerprint density at radius 1 is 1.15 bits per heavy atom. The summed E-state index contributed by atoms with van der Waals surface area (Å²) in [5.74, 6) is -0.763. The number of carbonyl (C=O) groups is 1. The van der Waals surface area contributed by atoms with Crippen LogP contribution < -0.4 is 15.4 Å². The lowest BCUT2D eigenvalue weighted by atomic mass is 10.1. The minimum Gasteiger partial charge on any atom is -0.348 e. The zero-order chi connectivity index (χ0) is 18.6. The van der Waals surface area contributed by atoms with Gasteiger partial charge in [-0.15, -0.1) is 12.4 Å². The number of anilines is 1. The first-order valence-corrected chi connectivity index (χ1v) is 9.82. The highest BCUT2D eigenvalue weighted by atomic mass is 35.5. The molecule has 27 heavy (non-hydrogen) atoms. The Morgan fingerprint density at radius 3 is 2.56 bits per heavy atom. The normalized spacial score (nSPS) is 16.9. The molecule has 146 valence electrons. The summed E-state index contributed by atoms with van der Waals surface area (Å²) in [4.78, 5) is 12.4. The van der Waals surface area contributed by atoms with Gasteiger partial charge in [-0.1, -0.05) is 6.07 Å². The maximum Gasteiger partial charge on any atom is 0.261 e. The van der Waals surface area contributed by atoms with E-state index in [1.165, 1.54) is 42.5 Å². The van der Waals surface area contributed by atoms with Crippen molar-refractivity contribution in [2.24, 2.45) is 0 Å². The van der Waals surface area contributed by atoms with E-state index in [9.17, 15) is 17.6 Å². The maximum atomic E-state index is 13.0. The van der Waals surface area contributed by atoms with Gasteiger partial charge in [0.25, 0.3) is 15.9 Å². The van der Waals surface area contributed by atoms with Gasteiger partial charge in [-0.3, -0.25) is 9.52 Å². The zero-order valence-corrected chi connectivity index (χ0v) is 16.1. The van der Waals surface area contributed by atoms with Crippen LogP contribution in [-0.4, -0.2) is 33.5 Å². The van der Waals surface area contributed by atoms with Gasteiger partial charge in [-0.25, -0.2) is 12.8 Å². The second kappa shape index (κ2) is 9.16. The summed E-state index contributed by atoms with van der Waals surface area (Å²) in [7, 11) is -3.88. The molecule has 0 aromatic heterocycles. The van der Waals surface area contributed by atoms with Crippen molar-refractivity contribution in [1.29, 1.82) is 0 Å². The number of halogens is 2. The molecule has 1 heterocycles. The molecule has 1 atom stereocenters. The van der Waals surface area contributed by atoms with Gasteiger partial charge in [0, 0.05) is 23.8 Å². The van der Waals surface area contributed by atoms with Gasteiger partial charge < -0.3 is 10.6 Å². The maximum absolute atomic E-state index is 13.0. The number of nitrogens with one attached hydrogen (secondary N) is 3. The van der Waals surface area contributed by atoms with Gasteiger partial charge in [-0.05, 0) is 61.9 Å². The molecule has 9 heteroatoms. The van der Waals surface area contributed by atoms with Crippen molar-refractivity contribution in [3.8, 4) is 0 Å². The third-order valence-electron chi connectivity index (χ3n) is 4.14. The highest BCUT2D eigenvalue weighted by molar-refractivity contribution is 7.92. The highest BCUT2D eigenvalue weighted by Crippen LogP contribution is 2.18. The molecule has 3 rings (SSSR count). The number of sulfonamides is 1. The fourth-order valence-electron chi connectivity index (χ4n) is 2.78. The minimum absolute atomic E-state index is 0. The van der Waals surface area contributed by atoms with Crippen molar-refractivity contribution in [1.82, 2.24) is 10.6 Å². The fourth-order valence-corrected chi connectivity index (χ4v) is 3.88. The van der Waals surface area contributed by atoms with E-state index in [0.717, 1.165) is 19.4 Å². The summed E-state index contributed by atoms with van der Waals surface area (Å²) < 4.78 is 40.3. The predicted octanol–water partition coefficient (Wildman–Crippen LogP) is 2.53. The topological polar surface area (TPSA) is 87.3 Å². The number of carbonyl (C=O) groups excluding carboxylic acids is 1. The Labute approximate surface area is 164 Å². The number of benzene rings is 2. The van der Waals surface area contributed by atoms with Gasteiger partial charge >= 0.3 is 0 Å². The minimum atomic E-state index is -3.88. The quantitative estimate of drug-likeness (QED) is 0.703. The Balaban J connectivity index is 0.00000261. The number of rotatable bonds is 5. The zero-order valence-electron chi connectivity index (χ0n) is 14.4. The summed E-state index contributed by atoms with van der Waals surface area (Å²) in [5.41, 5.74) is 0.520. The van der Waals surface area contributed by atoms with Crippen molar-refractivity contribution >= 4 is 34.0 Å². The smallest absolute Gasteiger partial charge is 0.261 e. The molecule has 2 aromatic carbocycles. The fraction of sp³-hybridized carbons (Fsp3) is 0.278. The van der Waals surface area contributed by atoms with Crippen LogP contribution in [0.1, 0.15) is 23.2 Å².